The van der Waals surface area contributed by atoms with E-state index in [1.165, 1.54) is 11.1 Å². The molecule has 2 fully saturated rings. The van der Waals surface area contributed by atoms with Gasteiger partial charge < -0.3 is 15.1 Å². The van der Waals surface area contributed by atoms with E-state index in [2.05, 4.69) is 41.4 Å². The third kappa shape index (κ3) is 5.10. The lowest BCUT2D eigenvalue weighted by atomic mass is 9.95. The number of carbonyl (C=O) groups excluding carboxylic acids is 2. The van der Waals surface area contributed by atoms with Crippen LogP contribution in [0.4, 0.5) is 0 Å². The van der Waals surface area contributed by atoms with E-state index in [1.807, 2.05) is 19.0 Å². The molecule has 1 atom stereocenters. The number of hydrogen-bond donors (Lipinski definition) is 1. The van der Waals surface area contributed by atoms with Crippen molar-refractivity contribution in [2.45, 2.75) is 45.1 Å². The first kappa shape index (κ1) is 19.9. The van der Waals surface area contributed by atoms with Crippen molar-refractivity contribution in [3.8, 4) is 0 Å². The molecule has 1 aliphatic carbocycles. The van der Waals surface area contributed by atoms with Crippen LogP contribution in [0.3, 0.4) is 0 Å². The number of rotatable bonds is 7. The molecule has 1 heterocycles. The topological polar surface area (TPSA) is 52.7 Å². The Morgan fingerprint density at radius 1 is 1.07 bits per heavy atom. The van der Waals surface area contributed by atoms with Gasteiger partial charge in [0.05, 0.1) is 6.04 Å². The number of aryl methyl sites for hydroxylation is 1. The first-order valence-electron chi connectivity index (χ1n) is 10.3. The summed E-state index contributed by atoms with van der Waals surface area (Å²) in [7, 11) is 4.10. The fraction of sp³-hybridized carbons (Fsp3) is 0.636. The SMILES string of the molecule is CCc1ccc([C@@H](CNC(=O)C2CCN(C(=O)C3CC3)CC2)N(C)C)cc1. The highest BCUT2D eigenvalue weighted by molar-refractivity contribution is 5.82. The van der Waals surface area contributed by atoms with Crippen LogP contribution in [0.25, 0.3) is 0 Å². The van der Waals surface area contributed by atoms with Crippen molar-refractivity contribution in [1.29, 1.82) is 0 Å². The highest BCUT2D eigenvalue weighted by Gasteiger charge is 2.36. The number of nitrogens with zero attached hydrogens (tertiary/aromatic N) is 2. The molecule has 1 saturated carbocycles. The number of hydrogen-bond acceptors (Lipinski definition) is 3. The Balaban J connectivity index is 1.49. The van der Waals surface area contributed by atoms with Crippen molar-refractivity contribution in [1.82, 2.24) is 15.1 Å². The fourth-order valence-electron chi connectivity index (χ4n) is 3.87. The van der Waals surface area contributed by atoms with Crippen LogP contribution in [0.2, 0.25) is 0 Å². The summed E-state index contributed by atoms with van der Waals surface area (Å²) in [6.45, 7) is 4.21. The van der Waals surface area contributed by atoms with Crippen LogP contribution in [-0.2, 0) is 16.0 Å². The normalized spacial score (nSPS) is 19.2. The molecule has 27 heavy (non-hydrogen) atoms. The Morgan fingerprint density at radius 3 is 2.22 bits per heavy atom. The number of piperidine rings is 1. The molecule has 2 aliphatic rings. The number of likely N-dealkylation sites (tertiary alicyclic amines) is 1. The second-order valence-corrected chi connectivity index (χ2v) is 8.19. The number of likely N-dealkylation sites (N-methyl/N-ethyl adjacent to an activating group) is 1. The zero-order valence-corrected chi connectivity index (χ0v) is 16.9. The number of nitrogens with one attached hydrogen (secondary N) is 1. The maximum atomic E-state index is 12.6. The summed E-state index contributed by atoms with van der Waals surface area (Å²) in [6, 6.07) is 8.83. The average Bonchev–Trinajstić information content (AvgIpc) is 3.53. The smallest absolute Gasteiger partial charge is 0.225 e. The zero-order chi connectivity index (χ0) is 19.4. The minimum atomic E-state index is 0.0264. The van der Waals surface area contributed by atoms with E-state index < -0.39 is 0 Å². The molecule has 0 unspecified atom stereocenters. The Kier molecular flexibility index (Phi) is 6.53. The molecule has 5 heteroatoms. The third-order valence-corrected chi connectivity index (χ3v) is 5.97. The number of carbonyl (C=O) groups is 2. The zero-order valence-electron chi connectivity index (χ0n) is 16.9. The van der Waals surface area contributed by atoms with Gasteiger partial charge in [0.1, 0.15) is 0 Å². The van der Waals surface area contributed by atoms with Crippen molar-refractivity contribution >= 4 is 11.8 Å². The van der Waals surface area contributed by atoms with Gasteiger partial charge in [-0.15, -0.1) is 0 Å². The summed E-state index contributed by atoms with van der Waals surface area (Å²) < 4.78 is 0. The molecule has 1 saturated heterocycles. The predicted molar refractivity (Wildman–Crippen MR) is 107 cm³/mol. The van der Waals surface area contributed by atoms with Gasteiger partial charge in [-0.2, -0.15) is 0 Å². The molecule has 1 aromatic rings. The predicted octanol–water partition coefficient (Wildman–Crippen LogP) is 2.62. The van der Waals surface area contributed by atoms with Crippen LogP contribution in [-0.4, -0.2) is 55.3 Å². The highest BCUT2D eigenvalue weighted by Crippen LogP contribution is 2.32. The Hall–Kier alpha value is -1.88. The average molecular weight is 372 g/mol. The van der Waals surface area contributed by atoms with E-state index in [0.717, 1.165) is 45.2 Å². The van der Waals surface area contributed by atoms with E-state index in [1.54, 1.807) is 0 Å². The Bertz CT molecular complexity index is 644. The van der Waals surface area contributed by atoms with E-state index in [9.17, 15) is 9.59 Å². The van der Waals surface area contributed by atoms with Crippen molar-refractivity contribution in [3.05, 3.63) is 35.4 Å². The van der Waals surface area contributed by atoms with E-state index in [4.69, 9.17) is 0 Å². The van der Waals surface area contributed by atoms with Crippen LogP contribution >= 0.6 is 0 Å². The summed E-state index contributed by atoms with van der Waals surface area (Å²) in [4.78, 5) is 28.9. The van der Waals surface area contributed by atoms with Gasteiger partial charge in [0, 0.05) is 31.5 Å². The minimum Gasteiger partial charge on any atom is -0.354 e. The van der Waals surface area contributed by atoms with Crippen molar-refractivity contribution in [2.24, 2.45) is 11.8 Å². The van der Waals surface area contributed by atoms with Gasteiger partial charge in [-0.3, -0.25) is 9.59 Å². The highest BCUT2D eigenvalue weighted by atomic mass is 16.2. The molecule has 148 valence electrons. The number of amides is 2. The van der Waals surface area contributed by atoms with Crippen LogP contribution < -0.4 is 5.32 Å². The molecule has 0 radical (unpaired) electrons. The second kappa shape index (κ2) is 8.87. The summed E-state index contributed by atoms with van der Waals surface area (Å²) in [6.07, 6.45) is 4.69. The van der Waals surface area contributed by atoms with Crippen LogP contribution in [0, 0.1) is 11.8 Å². The lowest BCUT2D eigenvalue weighted by Gasteiger charge is -2.32. The lowest BCUT2D eigenvalue weighted by molar-refractivity contribution is -0.136. The molecule has 1 aromatic carbocycles. The monoisotopic (exact) mass is 371 g/mol. The minimum absolute atomic E-state index is 0.0264. The molecular formula is C22H33N3O2. The number of benzene rings is 1. The van der Waals surface area contributed by atoms with Crippen molar-refractivity contribution in [2.75, 3.05) is 33.7 Å². The van der Waals surface area contributed by atoms with Gasteiger partial charge in [-0.1, -0.05) is 31.2 Å². The standard InChI is InChI=1S/C22H33N3O2/c1-4-16-5-7-17(8-6-16)20(24(2)3)15-23-21(26)18-11-13-25(14-12-18)22(27)19-9-10-19/h5-8,18-20H,4,9-15H2,1-3H3,(H,23,26)/t20-/m1/s1. The van der Waals surface area contributed by atoms with Gasteiger partial charge in [0.15, 0.2) is 0 Å². The molecule has 0 bridgehead atoms. The summed E-state index contributed by atoms with van der Waals surface area (Å²) in [5, 5.41) is 3.16. The fourth-order valence-corrected chi connectivity index (χ4v) is 3.87. The van der Waals surface area contributed by atoms with E-state index >= 15 is 0 Å². The molecule has 1 aliphatic heterocycles. The molecular weight excluding hydrogens is 338 g/mol. The molecule has 2 amide bonds. The van der Waals surface area contributed by atoms with Crippen LogP contribution in [0.5, 0.6) is 0 Å². The largest absolute Gasteiger partial charge is 0.354 e. The van der Waals surface area contributed by atoms with Crippen molar-refractivity contribution < 1.29 is 9.59 Å². The van der Waals surface area contributed by atoms with Gasteiger partial charge in [-0.05, 0) is 57.3 Å². The maximum Gasteiger partial charge on any atom is 0.225 e. The van der Waals surface area contributed by atoms with Crippen LogP contribution in [0.1, 0.15) is 49.8 Å². The molecule has 0 spiro atoms. The first-order chi connectivity index (χ1) is 13.0. The lowest BCUT2D eigenvalue weighted by Crippen LogP contribution is -2.44. The summed E-state index contributed by atoms with van der Waals surface area (Å²) in [5.41, 5.74) is 2.55. The van der Waals surface area contributed by atoms with Crippen LogP contribution in [0.15, 0.2) is 24.3 Å². The van der Waals surface area contributed by atoms with Gasteiger partial charge in [0.2, 0.25) is 11.8 Å². The molecule has 1 N–H and O–H groups in total. The third-order valence-electron chi connectivity index (χ3n) is 5.97. The quantitative estimate of drug-likeness (QED) is 0.802. The second-order valence-electron chi connectivity index (χ2n) is 8.19. The summed E-state index contributed by atoms with van der Waals surface area (Å²) >= 11 is 0. The van der Waals surface area contributed by atoms with Gasteiger partial charge >= 0.3 is 0 Å². The first-order valence-corrected chi connectivity index (χ1v) is 10.3. The van der Waals surface area contributed by atoms with Gasteiger partial charge in [-0.25, -0.2) is 0 Å². The molecule has 0 aromatic heterocycles. The maximum absolute atomic E-state index is 12.6. The van der Waals surface area contributed by atoms with Crippen molar-refractivity contribution in [3.63, 3.8) is 0 Å². The Morgan fingerprint density at radius 2 is 1.70 bits per heavy atom. The van der Waals surface area contributed by atoms with Gasteiger partial charge in [0.25, 0.3) is 0 Å². The van der Waals surface area contributed by atoms with E-state index in [-0.39, 0.29) is 23.8 Å². The van der Waals surface area contributed by atoms with E-state index in [0.29, 0.717) is 12.5 Å². The summed E-state index contributed by atoms with van der Waals surface area (Å²) in [5.74, 6) is 0.733. The molecule has 3 rings (SSSR count). The Labute approximate surface area is 163 Å². The molecule has 5 nitrogen and oxygen atoms in total.